The lowest BCUT2D eigenvalue weighted by molar-refractivity contribution is 0.662. The Balaban J connectivity index is 1.24. The average molecular weight is 529 g/mol. The first-order chi connectivity index (χ1) is 20.1. The van der Waals surface area contributed by atoms with Gasteiger partial charge in [0.25, 0.3) is 0 Å². The zero-order valence-electron chi connectivity index (χ0n) is 23.0. The Morgan fingerprint density at radius 3 is 2.29 bits per heavy atom. The van der Waals surface area contributed by atoms with Gasteiger partial charge < -0.3 is 9.73 Å². The Morgan fingerprint density at radius 1 is 0.610 bits per heavy atom. The molecule has 7 aromatic rings. The van der Waals surface area contributed by atoms with Crippen LogP contribution in [0.15, 0.2) is 132 Å². The number of pyridine rings is 1. The van der Waals surface area contributed by atoms with Gasteiger partial charge in [-0.1, -0.05) is 92.7 Å². The molecule has 1 aliphatic carbocycles. The highest BCUT2D eigenvalue weighted by molar-refractivity contribution is 6.11. The molecule has 3 heteroatoms. The maximum atomic E-state index is 6.35. The van der Waals surface area contributed by atoms with Gasteiger partial charge in [-0.3, -0.25) is 4.98 Å². The summed E-state index contributed by atoms with van der Waals surface area (Å²) in [5.74, 6) is 0. The highest BCUT2D eigenvalue weighted by Crippen LogP contribution is 2.52. The predicted molar refractivity (Wildman–Crippen MR) is 170 cm³/mol. The Kier molecular flexibility index (Phi) is 5.17. The lowest BCUT2D eigenvalue weighted by atomic mass is 9.79. The molecule has 0 fully saturated rings. The second-order valence-corrected chi connectivity index (χ2v) is 11.3. The van der Waals surface area contributed by atoms with E-state index in [-0.39, 0.29) is 5.41 Å². The number of hydrogen-bond acceptors (Lipinski definition) is 3. The van der Waals surface area contributed by atoms with E-state index in [1.165, 1.54) is 33.4 Å². The second kappa shape index (κ2) is 8.94. The van der Waals surface area contributed by atoms with Crippen molar-refractivity contribution in [3.8, 4) is 33.4 Å². The van der Waals surface area contributed by atoms with Gasteiger partial charge in [0.05, 0.1) is 0 Å². The fourth-order valence-electron chi connectivity index (χ4n) is 6.66. The fraction of sp³-hybridized carbons (Fsp3) is 0.0789. The number of furan rings is 1. The molecule has 41 heavy (non-hydrogen) atoms. The van der Waals surface area contributed by atoms with Gasteiger partial charge >= 0.3 is 0 Å². The molecule has 2 heterocycles. The van der Waals surface area contributed by atoms with Crippen molar-refractivity contribution in [2.45, 2.75) is 19.3 Å². The van der Waals surface area contributed by atoms with Crippen molar-refractivity contribution in [3.05, 3.63) is 139 Å². The minimum Gasteiger partial charge on any atom is -0.455 e. The van der Waals surface area contributed by atoms with Crippen LogP contribution in [0.4, 0.5) is 11.4 Å². The SMILES string of the molecule is CC1(C)c2ccccc2-c2cccc(-c3cccc(Nc4cc(-c5cccnc5)c5oc6ccccc6c5c4)c3)c21. The summed E-state index contributed by atoms with van der Waals surface area (Å²) < 4.78 is 6.35. The molecule has 0 radical (unpaired) electrons. The third-order valence-electron chi connectivity index (χ3n) is 8.49. The zero-order chi connectivity index (χ0) is 27.6. The summed E-state index contributed by atoms with van der Waals surface area (Å²) in [6.07, 6.45) is 3.69. The lowest BCUT2D eigenvalue weighted by Crippen LogP contribution is -2.16. The van der Waals surface area contributed by atoms with Crippen LogP contribution in [-0.4, -0.2) is 4.98 Å². The Morgan fingerprint density at radius 2 is 1.39 bits per heavy atom. The van der Waals surface area contributed by atoms with E-state index in [2.05, 4.69) is 121 Å². The third-order valence-corrected chi connectivity index (χ3v) is 8.49. The predicted octanol–water partition coefficient (Wildman–Crippen LogP) is 10.4. The molecule has 196 valence electrons. The lowest BCUT2D eigenvalue weighted by Gasteiger charge is -2.24. The first-order valence-corrected chi connectivity index (χ1v) is 14.0. The number of rotatable bonds is 4. The fourth-order valence-corrected chi connectivity index (χ4v) is 6.66. The molecule has 0 bridgehead atoms. The largest absolute Gasteiger partial charge is 0.455 e. The smallest absolute Gasteiger partial charge is 0.143 e. The van der Waals surface area contributed by atoms with Gasteiger partial charge in [0.1, 0.15) is 11.2 Å². The summed E-state index contributed by atoms with van der Waals surface area (Å²) in [6.45, 7) is 4.68. The summed E-state index contributed by atoms with van der Waals surface area (Å²) in [5, 5.41) is 5.90. The molecular formula is C38H28N2O. The number of aromatic nitrogens is 1. The average Bonchev–Trinajstić information content (AvgIpc) is 3.50. The van der Waals surface area contributed by atoms with E-state index in [1.54, 1.807) is 6.20 Å². The summed E-state index contributed by atoms with van der Waals surface area (Å²) in [6, 6.07) is 40.9. The molecule has 2 aromatic heterocycles. The topological polar surface area (TPSA) is 38.1 Å². The van der Waals surface area contributed by atoms with Crippen LogP contribution in [0.25, 0.3) is 55.3 Å². The summed E-state index contributed by atoms with van der Waals surface area (Å²) in [5.41, 5.74) is 13.7. The van der Waals surface area contributed by atoms with Crippen LogP contribution in [-0.2, 0) is 5.41 Å². The van der Waals surface area contributed by atoms with E-state index in [4.69, 9.17) is 4.42 Å². The molecule has 0 amide bonds. The van der Waals surface area contributed by atoms with Crippen LogP contribution in [0, 0.1) is 0 Å². The molecule has 0 aliphatic heterocycles. The molecule has 8 rings (SSSR count). The quantitative estimate of drug-likeness (QED) is 0.247. The maximum absolute atomic E-state index is 6.35. The van der Waals surface area contributed by atoms with Crippen molar-refractivity contribution < 1.29 is 4.42 Å². The molecule has 1 N–H and O–H groups in total. The van der Waals surface area contributed by atoms with Crippen LogP contribution in [0.5, 0.6) is 0 Å². The van der Waals surface area contributed by atoms with Crippen molar-refractivity contribution in [1.29, 1.82) is 0 Å². The second-order valence-electron chi connectivity index (χ2n) is 11.3. The van der Waals surface area contributed by atoms with Crippen LogP contribution >= 0.6 is 0 Å². The normalized spacial score (nSPS) is 13.3. The van der Waals surface area contributed by atoms with Crippen LogP contribution < -0.4 is 5.32 Å². The van der Waals surface area contributed by atoms with Gasteiger partial charge in [-0.05, 0) is 69.8 Å². The van der Waals surface area contributed by atoms with E-state index < -0.39 is 0 Å². The zero-order valence-corrected chi connectivity index (χ0v) is 23.0. The molecule has 0 saturated heterocycles. The molecule has 0 spiro atoms. The van der Waals surface area contributed by atoms with Crippen LogP contribution in [0.3, 0.4) is 0 Å². The van der Waals surface area contributed by atoms with E-state index in [9.17, 15) is 0 Å². The van der Waals surface area contributed by atoms with Crippen LogP contribution in [0.2, 0.25) is 0 Å². The van der Waals surface area contributed by atoms with Gasteiger partial charge in [0.15, 0.2) is 0 Å². The van der Waals surface area contributed by atoms with Gasteiger partial charge in [-0.2, -0.15) is 0 Å². The highest BCUT2D eigenvalue weighted by atomic mass is 16.3. The first kappa shape index (κ1) is 23.7. The standard InChI is InChI=1S/C38H28N2O/c1-38(2)34-17-5-3-13-29(34)31-16-8-15-28(36(31)38)24-10-7-12-26(20-24)40-27-21-32(25-11-9-19-39-23-25)37-33(22-27)30-14-4-6-18-35(30)41-37/h3-23,40H,1-2H3. The minimum atomic E-state index is -0.0715. The molecule has 0 saturated carbocycles. The molecule has 3 nitrogen and oxygen atoms in total. The Labute approximate surface area is 239 Å². The molecule has 0 unspecified atom stereocenters. The third kappa shape index (κ3) is 3.70. The Bertz CT molecular complexity index is 2100. The van der Waals surface area contributed by atoms with Gasteiger partial charge in [-0.25, -0.2) is 0 Å². The number of benzene rings is 5. The number of nitrogens with one attached hydrogen (secondary N) is 1. The summed E-state index contributed by atoms with van der Waals surface area (Å²) in [4.78, 5) is 4.37. The van der Waals surface area contributed by atoms with E-state index in [0.29, 0.717) is 0 Å². The van der Waals surface area contributed by atoms with Gasteiger partial charge in [0, 0.05) is 51.1 Å². The number of para-hydroxylation sites is 1. The van der Waals surface area contributed by atoms with E-state index in [1.807, 2.05) is 24.4 Å². The van der Waals surface area contributed by atoms with Crippen molar-refractivity contribution in [2.24, 2.45) is 0 Å². The van der Waals surface area contributed by atoms with Crippen LogP contribution in [0.1, 0.15) is 25.0 Å². The monoisotopic (exact) mass is 528 g/mol. The number of hydrogen-bond donors (Lipinski definition) is 1. The number of fused-ring (bicyclic) bond motifs is 6. The van der Waals surface area contributed by atoms with E-state index >= 15 is 0 Å². The first-order valence-electron chi connectivity index (χ1n) is 14.0. The van der Waals surface area contributed by atoms with Crippen molar-refractivity contribution in [2.75, 3.05) is 5.32 Å². The van der Waals surface area contributed by atoms with Crippen molar-refractivity contribution in [1.82, 2.24) is 4.98 Å². The Hall–Kier alpha value is -5.15. The molecular weight excluding hydrogens is 500 g/mol. The maximum Gasteiger partial charge on any atom is 0.143 e. The number of nitrogens with zero attached hydrogens (tertiary/aromatic N) is 1. The van der Waals surface area contributed by atoms with E-state index in [0.717, 1.165) is 44.4 Å². The molecule has 5 aromatic carbocycles. The highest BCUT2D eigenvalue weighted by Gasteiger charge is 2.37. The van der Waals surface area contributed by atoms with Crippen molar-refractivity contribution in [3.63, 3.8) is 0 Å². The molecule has 1 aliphatic rings. The number of anilines is 2. The summed E-state index contributed by atoms with van der Waals surface area (Å²) in [7, 11) is 0. The van der Waals surface area contributed by atoms with Gasteiger partial charge in [-0.15, -0.1) is 0 Å². The molecule has 0 atom stereocenters. The minimum absolute atomic E-state index is 0.0715. The van der Waals surface area contributed by atoms with Crippen molar-refractivity contribution >= 4 is 33.3 Å². The van der Waals surface area contributed by atoms with Gasteiger partial charge in [0.2, 0.25) is 0 Å². The summed E-state index contributed by atoms with van der Waals surface area (Å²) >= 11 is 0.